The molecule has 0 unspecified atom stereocenters. The van der Waals surface area contributed by atoms with Crippen molar-refractivity contribution in [2.75, 3.05) is 18.0 Å². The number of hydrogen-bond acceptors (Lipinski definition) is 3. The third-order valence-electron chi connectivity index (χ3n) is 2.31. The average Bonchev–Trinajstić information content (AvgIpc) is 2.54. The molecule has 0 aromatic carbocycles. The Kier molecular flexibility index (Phi) is 1.94. The van der Waals surface area contributed by atoms with Crippen molar-refractivity contribution in [3.05, 3.63) is 18.3 Å². The van der Waals surface area contributed by atoms with Gasteiger partial charge in [-0.3, -0.25) is 0 Å². The van der Waals surface area contributed by atoms with E-state index in [9.17, 15) is 0 Å². The molecule has 0 spiro atoms. The lowest BCUT2D eigenvalue weighted by Crippen LogP contribution is -2.20. The predicted molar refractivity (Wildman–Crippen MR) is 48.0 cm³/mol. The van der Waals surface area contributed by atoms with Gasteiger partial charge < -0.3 is 4.90 Å². The lowest BCUT2D eigenvalue weighted by molar-refractivity contribution is 0.658. The molecule has 1 aliphatic heterocycles. The second-order valence-electron chi connectivity index (χ2n) is 3.42. The summed E-state index contributed by atoms with van der Waals surface area (Å²) in [6.45, 7) is 4.52. The fourth-order valence-corrected chi connectivity index (χ4v) is 1.61. The van der Waals surface area contributed by atoms with E-state index in [4.69, 9.17) is 0 Å². The normalized spacial score (nSPS) is 23.1. The minimum absolute atomic E-state index is 0.798. The second kappa shape index (κ2) is 3.09. The van der Waals surface area contributed by atoms with Crippen LogP contribution in [0.1, 0.15) is 13.3 Å². The topological polar surface area (TPSA) is 29.0 Å². The fourth-order valence-electron chi connectivity index (χ4n) is 1.61. The molecule has 0 saturated carbocycles. The molecule has 1 fully saturated rings. The minimum atomic E-state index is 0.798. The summed E-state index contributed by atoms with van der Waals surface area (Å²) in [6, 6.07) is 3.95. The largest absolute Gasteiger partial charge is 0.355 e. The molecule has 0 bridgehead atoms. The molecular formula is C9H13N3. The third kappa shape index (κ3) is 1.40. The highest BCUT2D eigenvalue weighted by molar-refractivity contribution is 5.37. The van der Waals surface area contributed by atoms with Crippen LogP contribution in [-0.4, -0.2) is 23.3 Å². The number of hydrogen-bond donors (Lipinski definition) is 0. The lowest BCUT2D eigenvalue weighted by atomic mass is 10.2. The Labute approximate surface area is 72.4 Å². The Morgan fingerprint density at radius 1 is 1.58 bits per heavy atom. The van der Waals surface area contributed by atoms with Crippen LogP contribution in [0.25, 0.3) is 0 Å². The van der Waals surface area contributed by atoms with Gasteiger partial charge in [0.25, 0.3) is 0 Å². The number of anilines is 1. The molecule has 0 amide bonds. The van der Waals surface area contributed by atoms with Crippen LogP contribution in [0.2, 0.25) is 0 Å². The zero-order valence-corrected chi connectivity index (χ0v) is 7.27. The fraction of sp³-hybridized carbons (Fsp3) is 0.556. The monoisotopic (exact) mass is 163 g/mol. The Bertz CT molecular complexity index is 247. The summed E-state index contributed by atoms with van der Waals surface area (Å²) in [5, 5.41) is 7.93. The van der Waals surface area contributed by atoms with Crippen LogP contribution in [0, 0.1) is 5.92 Å². The van der Waals surface area contributed by atoms with Gasteiger partial charge in [0, 0.05) is 19.3 Å². The summed E-state index contributed by atoms with van der Waals surface area (Å²) >= 11 is 0. The van der Waals surface area contributed by atoms with Crippen LogP contribution in [0.4, 0.5) is 5.82 Å². The van der Waals surface area contributed by atoms with Gasteiger partial charge >= 0.3 is 0 Å². The van der Waals surface area contributed by atoms with Gasteiger partial charge in [0.05, 0.1) is 0 Å². The van der Waals surface area contributed by atoms with Crippen molar-refractivity contribution in [1.29, 1.82) is 0 Å². The van der Waals surface area contributed by atoms with E-state index in [1.165, 1.54) is 6.42 Å². The van der Waals surface area contributed by atoms with Crippen molar-refractivity contribution >= 4 is 5.82 Å². The Balaban J connectivity index is 2.11. The zero-order valence-electron chi connectivity index (χ0n) is 7.27. The minimum Gasteiger partial charge on any atom is -0.355 e. The molecule has 12 heavy (non-hydrogen) atoms. The lowest BCUT2D eigenvalue weighted by Gasteiger charge is -2.15. The molecule has 0 radical (unpaired) electrons. The first-order valence-electron chi connectivity index (χ1n) is 4.39. The van der Waals surface area contributed by atoms with Crippen LogP contribution in [-0.2, 0) is 0 Å². The Morgan fingerprint density at radius 2 is 2.50 bits per heavy atom. The molecule has 64 valence electrons. The molecule has 1 aliphatic rings. The van der Waals surface area contributed by atoms with Crippen LogP contribution in [0.15, 0.2) is 18.3 Å². The smallest absolute Gasteiger partial charge is 0.151 e. The molecule has 1 atom stereocenters. The zero-order chi connectivity index (χ0) is 8.39. The first kappa shape index (κ1) is 7.53. The maximum atomic E-state index is 4.07. The highest BCUT2D eigenvalue weighted by atomic mass is 15.3. The van der Waals surface area contributed by atoms with E-state index in [2.05, 4.69) is 22.0 Å². The molecule has 3 heteroatoms. The van der Waals surface area contributed by atoms with Gasteiger partial charge in [-0.25, -0.2) is 0 Å². The molecule has 0 N–H and O–H groups in total. The van der Waals surface area contributed by atoms with E-state index in [1.807, 2.05) is 12.1 Å². The van der Waals surface area contributed by atoms with Gasteiger partial charge in [0.1, 0.15) is 0 Å². The molecule has 1 aromatic heterocycles. The van der Waals surface area contributed by atoms with Crippen LogP contribution >= 0.6 is 0 Å². The van der Waals surface area contributed by atoms with E-state index in [-0.39, 0.29) is 0 Å². The predicted octanol–water partition coefficient (Wildman–Crippen LogP) is 1.32. The van der Waals surface area contributed by atoms with Gasteiger partial charge in [-0.1, -0.05) is 6.92 Å². The quantitative estimate of drug-likeness (QED) is 0.625. The Hall–Kier alpha value is -1.12. The van der Waals surface area contributed by atoms with E-state index < -0.39 is 0 Å². The number of rotatable bonds is 1. The summed E-state index contributed by atoms with van der Waals surface area (Å²) in [5.74, 6) is 1.81. The van der Waals surface area contributed by atoms with Crippen molar-refractivity contribution in [2.45, 2.75) is 13.3 Å². The summed E-state index contributed by atoms with van der Waals surface area (Å²) in [4.78, 5) is 2.29. The van der Waals surface area contributed by atoms with Crippen molar-refractivity contribution in [1.82, 2.24) is 10.2 Å². The van der Waals surface area contributed by atoms with Crippen LogP contribution in [0.3, 0.4) is 0 Å². The maximum absolute atomic E-state index is 4.07. The molecule has 2 heterocycles. The van der Waals surface area contributed by atoms with Crippen molar-refractivity contribution in [3.63, 3.8) is 0 Å². The first-order chi connectivity index (χ1) is 5.86. The van der Waals surface area contributed by atoms with Gasteiger partial charge in [0.15, 0.2) is 5.82 Å². The highest BCUT2D eigenvalue weighted by Crippen LogP contribution is 2.20. The van der Waals surface area contributed by atoms with Crippen molar-refractivity contribution in [2.24, 2.45) is 5.92 Å². The molecule has 2 rings (SSSR count). The molecule has 1 aromatic rings. The Morgan fingerprint density at radius 3 is 3.08 bits per heavy atom. The average molecular weight is 163 g/mol. The van der Waals surface area contributed by atoms with E-state index in [0.29, 0.717) is 0 Å². The summed E-state index contributed by atoms with van der Waals surface area (Å²) in [5.41, 5.74) is 0. The molecular weight excluding hydrogens is 150 g/mol. The van der Waals surface area contributed by atoms with E-state index >= 15 is 0 Å². The van der Waals surface area contributed by atoms with Crippen LogP contribution in [0.5, 0.6) is 0 Å². The standard InChI is InChI=1S/C9H13N3/c1-8-4-6-12(7-8)9-3-2-5-10-11-9/h2-3,5,8H,4,6-7H2,1H3/t8-/m1/s1. The van der Waals surface area contributed by atoms with Crippen molar-refractivity contribution < 1.29 is 0 Å². The highest BCUT2D eigenvalue weighted by Gasteiger charge is 2.19. The van der Waals surface area contributed by atoms with Gasteiger partial charge in [-0.2, -0.15) is 5.10 Å². The summed E-state index contributed by atoms with van der Waals surface area (Å²) < 4.78 is 0. The molecule has 0 aliphatic carbocycles. The third-order valence-corrected chi connectivity index (χ3v) is 2.31. The molecule has 1 saturated heterocycles. The van der Waals surface area contributed by atoms with Gasteiger partial charge in [-0.05, 0) is 24.5 Å². The van der Waals surface area contributed by atoms with Crippen molar-refractivity contribution in [3.8, 4) is 0 Å². The SMILES string of the molecule is C[C@@H]1CCN(c2cccnn2)C1. The van der Waals surface area contributed by atoms with Crippen LogP contribution < -0.4 is 4.90 Å². The van der Waals surface area contributed by atoms with E-state index in [0.717, 1.165) is 24.8 Å². The van der Waals surface area contributed by atoms with Gasteiger partial charge in [0.2, 0.25) is 0 Å². The first-order valence-corrected chi connectivity index (χ1v) is 4.39. The number of nitrogens with zero attached hydrogens (tertiary/aromatic N) is 3. The maximum Gasteiger partial charge on any atom is 0.151 e. The summed E-state index contributed by atoms with van der Waals surface area (Å²) in [7, 11) is 0. The summed E-state index contributed by atoms with van der Waals surface area (Å²) in [6.07, 6.45) is 2.99. The molecule has 3 nitrogen and oxygen atoms in total. The second-order valence-corrected chi connectivity index (χ2v) is 3.42. The van der Waals surface area contributed by atoms with Gasteiger partial charge in [-0.15, -0.1) is 5.10 Å². The number of aromatic nitrogens is 2. The van der Waals surface area contributed by atoms with E-state index in [1.54, 1.807) is 6.20 Å².